The summed E-state index contributed by atoms with van der Waals surface area (Å²) < 4.78 is 1.66. The summed E-state index contributed by atoms with van der Waals surface area (Å²) in [5.74, 6) is -0.252. The normalized spacial score (nSPS) is 22.3. The second-order valence-corrected chi connectivity index (χ2v) is 7.44. The van der Waals surface area contributed by atoms with E-state index in [1.807, 2.05) is 0 Å². The molecule has 0 amide bonds. The van der Waals surface area contributed by atoms with Crippen molar-refractivity contribution in [3.05, 3.63) is 41.4 Å². The highest BCUT2D eigenvalue weighted by Crippen LogP contribution is 2.38. The molecule has 0 spiro atoms. The average Bonchev–Trinajstić information content (AvgIpc) is 3.19. The Bertz CT molecular complexity index is 1010. The van der Waals surface area contributed by atoms with Gasteiger partial charge in [0, 0.05) is 11.4 Å². The third-order valence-electron chi connectivity index (χ3n) is 4.19. The molecule has 0 aliphatic carbocycles. The first kappa shape index (κ1) is 18.0. The lowest BCUT2D eigenvalue weighted by Gasteiger charge is -2.17. The number of aliphatic hydroxyl groups is 2. The van der Waals surface area contributed by atoms with Crippen LogP contribution in [0, 0.1) is 0 Å². The molecule has 4 N–H and O–H groups in total. The Morgan fingerprint density at radius 3 is 2.63 bits per heavy atom. The number of nitrogens with one attached hydrogen (secondary N) is 1. The maximum absolute atomic E-state index is 11.0. The van der Waals surface area contributed by atoms with Crippen LogP contribution in [0.1, 0.15) is 15.7 Å². The average molecular weight is 408 g/mol. The van der Waals surface area contributed by atoms with Crippen molar-refractivity contribution in [2.75, 3.05) is 11.1 Å². The standard InChI is InChI=1S/C16H14ClN5O4S/c17-16-20-12(19-8-3-1-7(2-4-8)15(25)26)10-13(21-16)22(6-18-10)14-11(24)9(23)5-27-14/h1-4,6,9,11,14,23-24H,5H2,(H,25,26)(H,19,20,21)/t9-,11-,14-/m1/s1. The summed E-state index contributed by atoms with van der Waals surface area (Å²) in [5.41, 5.74) is 1.64. The van der Waals surface area contributed by atoms with E-state index in [2.05, 4.69) is 20.3 Å². The van der Waals surface area contributed by atoms with Gasteiger partial charge in [0.2, 0.25) is 5.28 Å². The van der Waals surface area contributed by atoms with Crippen LogP contribution in [0.15, 0.2) is 30.6 Å². The van der Waals surface area contributed by atoms with Gasteiger partial charge in [-0.05, 0) is 35.9 Å². The van der Waals surface area contributed by atoms with E-state index in [1.54, 1.807) is 16.7 Å². The van der Waals surface area contributed by atoms with Gasteiger partial charge in [0.15, 0.2) is 17.0 Å². The van der Waals surface area contributed by atoms with E-state index < -0.39 is 23.6 Å². The molecule has 1 aliphatic heterocycles. The highest BCUT2D eigenvalue weighted by atomic mass is 35.5. The number of anilines is 2. The van der Waals surface area contributed by atoms with Gasteiger partial charge in [0.05, 0.1) is 18.0 Å². The summed E-state index contributed by atoms with van der Waals surface area (Å²) in [4.78, 5) is 23.6. The van der Waals surface area contributed by atoms with Crippen LogP contribution in [0.5, 0.6) is 0 Å². The molecule has 1 aliphatic rings. The molecule has 11 heteroatoms. The third-order valence-corrected chi connectivity index (χ3v) is 5.74. The summed E-state index contributed by atoms with van der Waals surface area (Å²) in [6, 6.07) is 6.15. The molecule has 3 atom stereocenters. The first-order valence-corrected chi connectivity index (χ1v) is 9.35. The van der Waals surface area contributed by atoms with Crippen molar-refractivity contribution in [1.82, 2.24) is 19.5 Å². The van der Waals surface area contributed by atoms with Gasteiger partial charge in [-0.15, -0.1) is 11.8 Å². The molecule has 1 saturated heterocycles. The molecule has 0 radical (unpaired) electrons. The molecule has 0 bridgehead atoms. The van der Waals surface area contributed by atoms with Crippen molar-refractivity contribution in [1.29, 1.82) is 0 Å². The smallest absolute Gasteiger partial charge is 0.335 e. The largest absolute Gasteiger partial charge is 0.478 e. The van der Waals surface area contributed by atoms with Crippen molar-refractivity contribution in [3.63, 3.8) is 0 Å². The van der Waals surface area contributed by atoms with Crippen LogP contribution < -0.4 is 5.32 Å². The second kappa shape index (κ2) is 6.97. The molecule has 140 valence electrons. The number of nitrogens with zero attached hydrogens (tertiary/aromatic N) is 4. The fourth-order valence-corrected chi connectivity index (χ4v) is 4.27. The molecule has 3 aromatic rings. The Kier molecular flexibility index (Phi) is 4.64. The molecule has 2 aromatic heterocycles. The predicted octanol–water partition coefficient (Wildman–Crippen LogP) is 1.89. The van der Waals surface area contributed by atoms with Gasteiger partial charge in [-0.3, -0.25) is 4.57 Å². The van der Waals surface area contributed by atoms with Gasteiger partial charge in [0.1, 0.15) is 11.5 Å². The highest BCUT2D eigenvalue weighted by molar-refractivity contribution is 7.99. The number of aliphatic hydroxyl groups excluding tert-OH is 2. The summed E-state index contributed by atoms with van der Waals surface area (Å²) >= 11 is 7.45. The number of thioether (sulfide) groups is 1. The summed E-state index contributed by atoms with van der Waals surface area (Å²) in [6.45, 7) is 0. The van der Waals surface area contributed by atoms with E-state index in [1.165, 1.54) is 30.2 Å². The number of hydrogen-bond donors (Lipinski definition) is 4. The van der Waals surface area contributed by atoms with E-state index in [0.29, 0.717) is 28.4 Å². The molecule has 0 saturated carbocycles. The molecule has 4 rings (SSSR count). The monoisotopic (exact) mass is 407 g/mol. The topological polar surface area (TPSA) is 133 Å². The van der Waals surface area contributed by atoms with Crippen LogP contribution in [0.25, 0.3) is 11.2 Å². The second-order valence-electron chi connectivity index (χ2n) is 5.95. The van der Waals surface area contributed by atoms with Crippen molar-refractivity contribution < 1.29 is 20.1 Å². The third kappa shape index (κ3) is 3.32. The zero-order chi connectivity index (χ0) is 19.1. The molecule has 27 heavy (non-hydrogen) atoms. The van der Waals surface area contributed by atoms with Crippen LogP contribution in [-0.2, 0) is 0 Å². The quantitative estimate of drug-likeness (QED) is 0.478. The number of carboxylic acid groups (broad SMARTS) is 1. The molecule has 3 heterocycles. The van der Waals surface area contributed by atoms with E-state index in [9.17, 15) is 15.0 Å². The van der Waals surface area contributed by atoms with Crippen molar-refractivity contribution in [2.24, 2.45) is 0 Å². The minimum Gasteiger partial charge on any atom is -0.478 e. The number of aromatic nitrogens is 4. The molecule has 9 nitrogen and oxygen atoms in total. The molecule has 1 aromatic carbocycles. The summed E-state index contributed by atoms with van der Waals surface area (Å²) in [6.07, 6.45) is -0.242. The van der Waals surface area contributed by atoms with Crippen LogP contribution >= 0.6 is 23.4 Å². The fourth-order valence-electron chi connectivity index (χ4n) is 2.83. The zero-order valence-corrected chi connectivity index (χ0v) is 15.2. The Labute approximate surface area is 162 Å². The van der Waals surface area contributed by atoms with Gasteiger partial charge in [0.25, 0.3) is 0 Å². The Hall–Kier alpha value is -2.40. The number of benzene rings is 1. The van der Waals surface area contributed by atoms with Crippen LogP contribution in [0.4, 0.5) is 11.5 Å². The highest BCUT2D eigenvalue weighted by Gasteiger charge is 2.36. The zero-order valence-electron chi connectivity index (χ0n) is 13.7. The summed E-state index contributed by atoms with van der Waals surface area (Å²) in [5, 5.41) is 31.6. The maximum Gasteiger partial charge on any atom is 0.335 e. The Morgan fingerprint density at radius 1 is 1.26 bits per heavy atom. The minimum absolute atomic E-state index is 0.00746. The summed E-state index contributed by atoms with van der Waals surface area (Å²) in [7, 11) is 0. The Balaban J connectivity index is 1.70. The number of fused-ring (bicyclic) bond motifs is 1. The van der Waals surface area contributed by atoms with Gasteiger partial charge in [-0.2, -0.15) is 9.97 Å². The van der Waals surface area contributed by atoms with E-state index in [0.717, 1.165) is 0 Å². The lowest BCUT2D eigenvalue weighted by molar-refractivity contribution is 0.0313. The first-order valence-electron chi connectivity index (χ1n) is 7.92. The number of aromatic carboxylic acids is 1. The van der Waals surface area contributed by atoms with Crippen molar-refractivity contribution in [3.8, 4) is 0 Å². The lowest BCUT2D eigenvalue weighted by Crippen LogP contribution is -2.27. The minimum atomic E-state index is -1.01. The molecule has 0 unspecified atom stereocenters. The number of imidazole rings is 1. The fraction of sp³-hybridized carbons (Fsp3) is 0.250. The van der Waals surface area contributed by atoms with Gasteiger partial charge >= 0.3 is 5.97 Å². The van der Waals surface area contributed by atoms with Crippen molar-refractivity contribution in [2.45, 2.75) is 17.6 Å². The molecular formula is C16H14ClN5O4S. The number of carbonyl (C=O) groups is 1. The van der Waals surface area contributed by atoms with E-state index >= 15 is 0 Å². The van der Waals surface area contributed by atoms with Crippen LogP contribution in [0.3, 0.4) is 0 Å². The Morgan fingerprint density at radius 2 is 2.00 bits per heavy atom. The lowest BCUT2D eigenvalue weighted by atomic mass is 10.2. The van der Waals surface area contributed by atoms with Gasteiger partial charge < -0.3 is 20.6 Å². The van der Waals surface area contributed by atoms with Gasteiger partial charge in [-0.25, -0.2) is 9.78 Å². The maximum atomic E-state index is 11.0. The predicted molar refractivity (Wildman–Crippen MR) is 101 cm³/mol. The molecular weight excluding hydrogens is 394 g/mol. The van der Waals surface area contributed by atoms with Gasteiger partial charge in [-0.1, -0.05) is 0 Å². The molecule has 1 fully saturated rings. The van der Waals surface area contributed by atoms with E-state index in [4.69, 9.17) is 16.7 Å². The SMILES string of the molecule is O=C(O)c1ccc(Nc2nc(Cl)nc3c2ncn3[C@@H]2SC[C@@H](O)[C@H]2O)cc1. The number of hydrogen-bond acceptors (Lipinski definition) is 8. The number of rotatable bonds is 4. The number of halogens is 1. The van der Waals surface area contributed by atoms with Crippen molar-refractivity contribution >= 4 is 52.0 Å². The van der Waals surface area contributed by atoms with Crippen LogP contribution in [0.2, 0.25) is 5.28 Å². The van der Waals surface area contributed by atoms with Crippen LogP contribution in [-0.4, -0.2) is 58.8 Å². The van der Waals surface area contributed by atoms with E-state index in [-0.39, 0.29) is 10.8 Å². The number of carboxylic acids is 1. The first-order chi connectivity index (χ1) is 12.9.